The first-order valence-corrected chi connectivity index (χ1v) is 15.8. The van der Waals surface area contributed by atoms with E-state index >= 15 is 0 Å². The molecule has 0 spiro atoms. The van der Waals surface area contributed by atoms with Crippen molar-refractivity contribution in [3.05, 3.63) is 145 Å². The Balaban J connectivity index is 1.46. The summed E-state index contributed by atoms with van der Waals surface area (Å²) in [5.41, 5.74) is 11.0. The van der Waals surface area contributed by atoms with E-state index in [4.69, 9.17) is 15.0 Å². The minimum Gasteiger partial charge on any atom is -0.277 e. The van der Waals surface area contributed by atoms with Crippen LogP contribution in [0.5, 0.6) is 0 Å². The fourth-order valence-electron chi connectivity index (χ4n) is 8.02. The molecule has 4 heteroatoms. The van der Waals surface area contributed by atoms with Gasteiger partial charge in [-0.15, -0.1) is 0 Å². The molecular formula is C42H28N4. The van der Waals surface area contributed by atoms with Crippen molar-refractivity contribution in [1.82, 2.24) is 19.5 Å². The van der Waals surface area contributed by atoms with E-state index in [9.17, 15) is 0 Å². The Morgan fingerprint density at radius 3 is 2.22 bits per heavy atom. The number of rotatable bonds is 2. The zero-order valence-electron chi connectivity index (χ0n) is 25.5. The number of hydrogen-bond donors (Lipinski definition) is 0. The van der Waals surface area contributed by atoms with Gasteiger partial charge in [-0.2, -0.15) is 0 Å². The standard InChI is InChI=1S/C42H28N4/c1-42(2)32-20-10-8-17-28(32)35-36(42)39-30(19-12-24-43-39)34-29-18-9-11-21-33(29)46(40(34)35)41-44-37(26-14-4-3-5-15-26)31-23-22-25-13-6-7-16-27(25)38(31)45-41/h3-24H,1-2H3. The number of aromatic nitrogens is 4. The Hall–Kier alpha value is -5.87. The van der Waals surface area contributed by atoms with Gasteiger partial charge < -0.3 is 0 Å². The molecule has 0 radical (unpaired) electrons. The van der Waals surface area contributed by atoms with Gasteiger partial charge in [0, 0.05) is 49.7 Å². The maximum Gasteiger partial charge on any atom is 0.235 e. The third kappa shape index (κ3) is 3.25. The van der Waals surface area contributed by atoms with Crippen LogP contribution in [0.15, 0.2) is 134 Å². The number of nitrogens with zero attached hydrogens (tertiary/aromatic N) is 4. The van der Waals surface area contributed by atoms with E-state index in [0.29, 0.717) is 5.95 Å². The van der Waals surface area contributed by atoms with Crippen LogP contribution in [0.25, 0.3) is 82.7 Å². The highest BCUT2D eigenvalue weighted by Gasteiger charge is 2.40. The van der Waals surface area contributed by atoms with Crippen LogP contribution in [0.3, 0.4) is 0 Å². The maximum absolute atomic E-state index is 5.47. The summed E-state index contributed by atoms with van der Waals surface area (Å²) in [5.74, 6) is 0.668. The highest BCUT2D eigenvalue weighted by molar-refractivity contribution is 6.26. The zero-order chi connectivity index (χ0) is 30.6. The molecule has 3 heterocycles. The van der Waals surface area contributed by atoms with Crippen LogP contribution >= 0.6 is 0 Å². The van der Waals surface area contributed by atoms with Gasteiger partial charge in [-0.1, -0.05) is 123 Å². The summed E-state index contributed by atoms with van der Waals surface area (Å²) in [4.78, 5) is 16.0. The summed E-state index contributed by atoms with van der Waals surface area (Å²) in [6, 6.07) is 45.2. The lowest BCUT2D eigenvalue weighted by Crippen LogP contribution is -2.16. The van der Waals surface area contributed by atoms with Crippen LogP contribution in [0.2, 0.25) is 0 Å². The van der Waals surface area contributed by atoms with E-state index in [-0.39, 0.29) is 5.41 Å². The van der Waals surface area contributed by atoms with Crippen molar-refractivity contribution in [1.29, 1.82) is 0 Å². The van der Waals surface area contributed by atoms with E-state index in [1.807, 2.05) is 6.20 Å². The molecular weight excluding hydrogens is 560 g/mol. The lowest BCUT2D eigenvalue weighted by atomic mass is 9.81. The quantitative estimate of drug-likeness (QED) is 0.189. The van der Waals surface area contributed by atoms with Gasteiger partial charge in [0.05, 0.1) is 27.8 Å². The van der Waals surface area contributed by atoms with Gasteiger partial charge in [0.2, 0.25) is 5.95 Å². The fraction of sp³-hybridized carbons (Fsp3) is 0.0714. The molecule has 1 aliphatic rings. The van der Waals surface area contributed by atoms with E-state index in [0.717, 1.165) is 54.9 Å². The molecule has 216 valence electrons. The van der Waals surface area contributed by atoms with Gasteiger partial charge in [0.25, 0.3) is 0 Å². The first-order valence-electron chi connectivity index (χ1n) is 15.8. The smallest absolute Gasteiger partial charge is 0.235 e. The predicted molar refractivity (Wildman–Crippen MR) is 190 cm³/mol. The van der Waals surface area contributed by atoms with Gasteiger partial charge in [0.15, 0.2) is 0 Å². The Kier molecular flexibility index (Phi) is 5.03. The third-order valence-electron chi connectivity index (χ3n) is 10.00. The monoisotopic (exact) mass is 588 g/mol. The molecule has 1 aliphatic carbocycles. The van der Waals surface area contributed by atoms with E-state index in [1.165, 1.54) is 33.0 Å². The number of benzene rings is 6. The van der Waals surface area contributed by atoms with Gasteiger partial charge in [-0.05, 0) is 40.3 Å². The Morgan fingerprint density at radius 2 is 1.33 bits per heavy atom. The minimum atomic E-state index is -0.232. The average molecular weight is 589 g/mol. The van der Waals surface area contributed by atoms with E-state index in [2.05, 4.69) is 146 Å². The van der Waals surface area contributed by atoms with Crippen LogP contribution in [0, 0.1) is 0 Å². The lowest BCUT2D eigenvalue weighted by Gasteiger charge is -2.23. The molecule has 3 aromatic heterocycles. The van der Waals surface area contributed by atoms with Gasteiger partial charge in [0.1, 0.15) is 0 Å². The van der Waals surface area contributed by atoms with Crippen molar-refractivity contribution in [3.63, 3.8) is 0 Å². The largest absolute Gasteiger partial charge is 0.277 e. The van der Waals surface area contributed by atoms with Crippen LogP contribution < -0.4 is 0 Å². The van der Waals surface area contributed by atoms with Crippen molar-refractivity contribution in [3.8, 4) is 28.3 Å². The molecule has 0 fully saturated rings. The number of pyridine rings is 1. The summed E-state index contributed by atoms with van der Waals surface area (Å²) < 4.78 is 2.32. The molecule has 0 N–H and O–H groups in total. The molecule has 0 amide bonds. The number of para-hydroxylation sites is 1. The first kappa shape index (κ1) is 25.5. The molecule has 0 saturated heterocycles. The second-order valence-corrected chi connectivity index (χ2v) is 12.8. The van der Waals surface area contributed by atoms with Crippen LogP contribution in [0.4, 0.5) is 0 Å². The SMILES string of the molecule is CC1(C)c2ccccc2-c2c1c1ncccc1c1c3ccccc3n(-c3nc(-c4ccccc4)c4ccc5ccccc5c4n3)c21. The zero-order valence-corrected chi connectivity index (χ0v) is 25.5. The molecule has 4 nitrogen and oxygen atoms in total. The van der Waals surface area contributed by atoms with Crippen molar-refractivity contribution >= 4 is 54.4 Å². The van der Waals surface area contributed by atoms with Crippen molar-refractivity contribution in [2.75, 3.05) is 0 Å². The lowest BCUT2D eigenvalue weighted by molar-refractivity contribution is 0.665. The topological polar surface area (TPSA) is 43.6 Å². The summed E-state index contributed by atoms with van der Waals surface area (Å²) in [6.45, 7) is 4.66. The highest BCUT2D eigenvalue weighted by Crippen LogP contribution is 2.55. The molecule has 10 rings (SSSR count). The normalized spacial score (nSPS) is 13.6. The molecule has 0 saturated carbocycles. The van der Waals surface area contributed by atoms with Crippen LogP contribution in [0.1, 0.15) is 25.0 Å². The van der Waals surface area contributed by atoms with Crippen LogP contribution in [-0.4, -0.2) is 19.5 Å². The first-order chi connectivity index (χ1) is 22.6. The second-order valence-electron chi connectivity index (χ2n) is 12.8. The highest BCUT2D eigenvalue weighted by atomic mass is 15.2. The molecule has 0 bridgehead atoms. The Labute approximate surface area is 265 Å². The average Bonchev–Trinajstić information content (AvgIpc) is 3.58. The number of fused-ring (bicyclic) bond motifs is 13. The summed E-state index contributed by atoms with van der Waals surface area (Å²) >= 11 is 0. The van der Waals surface area contributed by atoms with Crippen LogP contribution in [-0.2, 0) is 5.41 Å². The third-order valence-corrected chi connectivity index (χ3v) is 10.00. The van der Waals surface area contributed by atoms with E-state index < -0.39 is 0 Å². The summed E-state index contributed by atoms with van der Waals surface area (Å²) in [5, 5.41) is 6.83. The Bertz CT molecular complexity index is 2720. The Morgan fingerprint density at radius 1 is 0.587 bits per heavy atom. The maximum atomic E-state index is 5.47. The van der Waals surface area contributed by atoms with Crippen molar-refractivity contribution < 1.29 is 0 Å². The van der Waals surface area contributed by atoms with Gasteiger partial charge in [-0.3, -0.25) is 9.55 Å². The molecule has 0 aliphatic heterocycles. The molecule has 9 aromatic rings. The number of hydrogen-bond acceptors (Lipinski definition) is 3. The second kappa shape index (κ2) is 9.09. The minimum absolute atomic E-state index is 0.232. The summed E-state index contributed by atoms with van der Waals surface area (Å²) in [6.07, 6.45) is 1.93. The molecule has 0 unspecified atom stereocenters. The van der Waals surface area contributed by atoms with Gasteiger partial charge in [-0.25, -0.2) is 9.97 Å². The summed E-state index contributed by atoms with van der Waals surface area (Å²) in [7, 11) is 0. The van der Waals surface area contributed by atoms with Crippen molar-refractivity contribution in [2.45, 2.75) is 19.3 Å². The predicted octanol–water partition coefficient (Wildman–Crippen LogP) is 10.4. The molecule has 0 atom stereocenters. The van der Waals surface area contributed by atoms with E-state index in [1.54, 1.807) is 0 Å². The van der Waals surface area contributed by atoms with Gasteiger partial charge >= 0.3 is 0 Å². The van der Waals surface area contributed by atoms with Crippen molar-refractivity contribution in [2.24, 2.45) is 0 Å². The fourth-order valence-corrected chi connectivity index (χ4v) is 8.02. The molecule has 6 aromatic carbocycles. The molecule has 46 heavy (non-hydrogen) atoms.